The molecular formula is C7H9FN2O. The Morgan fingerprint density at radius 1 is 1.36 bits per heavy atom. The number of hydrazine groups is 1. The molecule has 0 aromatic heterocycles. The van der Waals surface area contributed by atoms with Crippen molar-refractivity contribution in [3.05, 3.63) is 36.1 Å². The topological polar surface area (TPSA) is 55.1 Å². The predicted octanol–water partition coefficient (Wildman–Crippen LogP) is 0.432. The number of hydrogen-bond acceptors (Lipinski definition) is 2. The highest BCUT2D eigenvalue weighted by Gasteiger charge is 1.77. The molecule has 3 N–H and O–H groups in total. The van der Waals surface area contributed by atoms with Crippen LogP contribution < -0.4 is 11.3 Å². The van der Waals surface area contributed by atoms with Crippen LogP contribution in [0.15, 0.2) is 30.3 Å². The van der Waals surface area contributed by atoms with Crippen LogP contribution in [0.4, 0.5) is 4.39 Å². The van der Waals surface area contributed by atoms with Crippen molar-refractivity contribution in [1.29, 1.82) is 0 Å². The fraction of sp³-hybridized carbons (Fsp3) is 0. The number of amides is 1. The van der Waals surface area contributed by atoms with Crippen molar-refractivity contribution >= 4 is 6.41 Å². The van der Waals surface area contributed by atoms with E-state index in [1.807, 2.05) is 0 Å². The Morgan fingerprint density at radius 2 is 1.82 bits per heavy atom. The second-order valence-corrected chi connectivity index (χ2v) is 1.58. The van der Waals surface area contributed by atoms with E-state index < -0.39 is 0 Å². The van der Waals surface area contributed by atoms with Gasteiger partial charge in [0.15, 0.2) is 0 Å². The summed E-state index contributed by atoms with van der Waals surface area (Å²) in [5.41, 5.74) is 1.75. The molecule has 0 spiro atoms. The minimum absolute atomic E-state index is 0.178. The standard InChI is InChI=1S/C6H5F.CH4N2O/c7-6-4-2-1-3-5-6;2-3-1-4/h1-5H;1H,2H2,(H,3,4). The molecule has 0 unspecified atom stereocenters. The molecule has 0 saturated carbocycles. The maximum atomic E-state index is 11.9. The lowest BCUT2D eigenvalue weighted by Gasteiger charge is -1.78. The minimum atomic E-state index is -0.178. The lowest BCUT2D eigenvalue weighted by Crippen LogP contribution is -2.18. The van der Waals surface area contributed by atoms with E-state index in [2.05, 4.69) is 5.84 Å². The maximum Gasteiger partial charge on any atom is 0.221 e. The number of halogens is 1. The molecule has 0 atom stereocenters. The van der Waals surface area contributed by atoms with Gasteiger partial charge in [-0.15, -0.1) is 0 Å². The van der Waals surface area contributed by atoms with Crippen LogP contribution in [0.5, 0.6) is 0 Å². The van der Waals surface area contributed by atoms with E-state index in [0.29, 0.717) is 6.41 Å². The first-order chi connectivity index (χ1) is 5.31. The van der Waals surface area contributed by atoms with Gasteiger partial charge in [0.25, 0.3) is 0 Å². The molecular weight excluding hydrogens is 147 g/mol. The molecule has 60 valence electrons. The van der Waals surface area contributed by atoms with Gasteiger partial charge in [-0.3, -0.25) is 10.2 Å². The highest BCUT2D eigenvalue weighted by molar-refractivity contribution is 5.44. The molecule has 0 aliphatic rings. The van der Waals surface area contributed by atoms with Crippen LogP contribution >= 0.6 is 0 Å². The first-order valence-corrected chi connectivity index (χ1v) is 2.91. The van der Waals surface area contributed by atoms with Gasteiger partial charge in [-0.05, 0) is 12.1 Å². The van der Waals surface area contributed by atoms with Gasteiger partial charge in [0.2, 0.25) is 6.41 Å². The van der Waals surface area contributed by atoms with E-state index in [1.165, 1.54) is 12.1 Å². The van der Waals surface area contributed by atoms with Crippen molar-refractivity contribution in [1.82, 2.24) is 5.43 Å². The van der Waals surface area contributed by atoms with Gasteiger partial charge < -0.3 is 0 Å². The van der Waals surface area contributed by atoms with Crippen molar-refractivity contribution in [2.24, 2.45) is 5.84 Å². The summed E-state index contributed by atoms with van der Waals surface area (Å²) in [6.07, 6.45) is 0.403. The van der Waals surface area contributed by atoms with Gasteiger partial charge in [0.1, 0.15) is 5.82 Å². The first-order valence-electron chi connectivity index (χ1n) is 2.91. The van der Waals surface area contributed by atoms with Gasteiger partial charge in [0, 0.05) is 0 Å². The molecule has 3 nitrogen and oxygen atoms in total. The average molecular weight is 156 g/mol. The molecule has 1 rings (SSSR count). The summed E-state index contributed by atoms with van der Waals surface area (Å²) in [6.45, 7) is 0. The molecule has 1 amide bonds. The van der Waals surface area contributed by atoms with Gasteiger partial charge in [0.05, 0.1) is 0 Å². The van der Waals surface area contributed by atoms with Crippen LogP contribution in [-0.4, -0.2) is 6.41 Å². The van der Waals surface area contributed by atoms with E-state index in [9.17, 15) is 4.39 Å². The number of carbonyl (C=O) groups is 1. The number of nitrogens with two attached hydrogens (primary N) is 1. The van der Waals surface area contributed by atoms with E-state index in [-0.39, 0.29) is 5.82 Å². The third-order valence-electron chi connectivity index (χ3n) is 0.801. The fourth-order valence-electron chi connectivity index (χ4n) is 0.415. The number of hydrogen-bond donors (Lipinski definition) is 2. The van der Waals surface area contributed by atoms with Crippen LogP contribution in [0.25, 0.3) is 0 Å². The van der Waals surface area contributed by atoms with Gasteiger partial charge in [-0.2, -0.15) is 0 Å². The summed E-state index contributed by atoms with van der Waals surface area (Å²) in [6, 6.07) is 7.94. The van der Waals surface area contributed by atoms with Crippen molar-refractivity contribution in [3.8, 4) is 0 Å². The fourth-order valence-corrected chi connectivity index (χ4v) is 0.415. The molecule has 0 fully saturated rings. The predicted molar refractivity (Wildman–Crippen MR) is 39.8 cm³/mol. The Kier molecular flexibility index (Phi) is 5.83. The van der Waals surface area contributed by atoms with E-state index in [4.69, 9.17) is 4.79 Å². The minimum Gasteiger partial charge on any atom is -0.297 e. The third kappa shape index (κ3) is 6.47. The lowest BCUT2D eigenvalue weighted by molar-refractivity contribution is -0.109. The monoisotopic (exact) mass is 156 g/mol. The zero-order chi connectivity index (χ0) is 8.53. The molecule has 0 radical (unpaired) electrons. The highest BCUT2D eigenvalue weighted by atomic mass is 19.1. The third-order valence-corrected chi connectivity index (χ3v) is 0.801. The van der Waals surface area contributed by atoms with Gasteiger partial charge in [-0.1, -0.05) is 18.2 Å². The molecule has 1 aromatic rings. The van der Waals surface area contributed by atoms with Gasteiger partial charge in [-0.25, -0.2) is 10.2 Å². The Hall–Kier alpha value is -1.42. The van der Waals surface area contributed by atoms with Crippen molar-refractivity contribution in [3.63, 3.8) is 0 Å². The Labute approximate surface area is 64.0 Å². The first kappa shape index (κ1) is 9.58. The summed E-state index contributed by atoms with van der Waals surface area (Å²) in [4.78, 5) is 8.94. The van der Waals surface area contributed by atoms with Crippen LogP contribution in [0.3, 0.4) is 0 Å². The molecule has 0 aliphatic carbocycles. The quantitative estimate of drug-likeness (QED) is 0.268. The van der Waals surface area contributed by atoms with Crippen molar-refractivity contribution in [2.45, 2.75) is 0 Å². The Balaban J connectivity index is 0.000000218. The molecule has 0 saturated heterocycles. The molecule has 0 heterocycles. The van der Waals surface area contributed by atoms with Crippen LogP contribution in [0, 0.1) is 5.82 Å². The molecule has 0 aliphatic heterocycles. The summed E-state index contributed by atoms with van der Waals surface area (Å²) in [7, 11) is 0. The summed E-state index contributed by atoms with van der Waals surface area (Å²) in [5.74, 6) is 4.23. The zero-order valence-electron chi connectivity index (χ0n) is 5.83. The number of carbonyl (C=O) groups excluding carboxylic acids is 1. The largest absolute Gasteiger partial charge is 0.297 e. The smallest absolute Gasteiger partial charge is 0.221 e. The highest BCUT2D eigenvalue weighted by Crippen LogP contribution is 1.91. The van der Waals surface area contributed by atoms with Crippen LogP contribution in [0.2, 0.25) is 0 Å². The number of rotatable bonds is 1. The SMILES string of the molecule is Fc1ccccc1.NNC=O. The molecule has 1 aromatic carbocycles. The van der Waals surface area contributed by atoms with E-state index in [0.717, 1.165) is 0 Å². The van der Waals surface area contributed by atoms with Crippen molar-refractivity contribution in [2.75, 3.05) is 0 Å². The second kappa shape index (κ2) is 6.70. The summed E-state index contributed by atoms with van der Waals surface area (Å²) in [5, 5.41) is 0. The summed E-state index contributed by atoms with van der Waals surface area (Å²) < 4.78 is 11.9. The van der Waals surface area contributed by atoms with Crippen LogP contribution in [-0.2, 0) is 4.79 Å². The van der Waals surface area contributed by atoms with Crippen LogP contribution in [0.1, 0.15) is 0 Å². The normalized spacial score (nSPS) is 7.45. The maximum absolute atomic E-state index is 11.9. The second-order valence-electron chi connectivity index (χ2n) is 1.58. The average Bonchev–Trinajstić information content (AvgIpc) is 2.07. The molecule has 11 heavy (non-hydrogen) atoms. The van der Waals surface area contributed by atoms with Crippen molar-refractivity contribution < 1.29 is 9.18 Å². The Morgan fingerprint density at radius 3 is 2.00 bits per heavy atom. The lowest BCUT2D eigenvalue weighted by atomic mass is 10.4. The Bertz CT molecular complexity index is 191. The summed E-state index contributed by atoms with van der Waals surface area (Å²) >= 11 is 0. The number of nitrogens with one attached hydrogen (secondary N) is 1. The molecule has 0 bridgehead atoms. The van der Waals surface area contributed by atoms with E-state index >= 15 is 0 Å². The molecule has 4 heteroatoms. The van der Waals surface area contributed by atoms with E-state index in [1.54, 1.807) is 23.6 Å². The number of benzene rings is 1. The zero-order valence-corrected chi connectivity index (χ0v) is 5.83. The van der Waals surface area contributed by atoms with Gasteiger partial charge >= 0.3 is 0 Å².